The molecule has 1 atom stereocenters. The number of nitrogens with two attached hydrogens (primary N) is 1. The average Bonchev–Trinajstić information content (AvgIpc) is 2.63. The molecule has 80 valence electrons. The first kappa shape index (κ1) is 10.1. The lowest BCUT2D eigenvalue weighted by Crippen LogP contribution is -2.07. The topological polar surface area (TPSA) is 87.8 Å². The number of imidazole rings is 1. The number of aliphatic hydroxyl groups is 1. The summed E-state index contributed by atoms with van der Waals surface area (Å²) >= 11 is 0. The van der Waals surface area contributed by atoms with Crippen LogP contribution in [-0.4, -0.2) is 26.6 Å². The van der Waals surface area contributed by atoms with Crippen LogP contribution in [0.4, 0.5) is 0 Å². The molecule has 0 saturated carbocycles. The van der Waals surface area contributed by atoms with Gasteiger partial charge in [-0.3, -0.25) is 0 Å². The molecular formula is C10H14N4O. The van der Waals surface area contributed by atoms with E-state index >= 15 is 0 Å². The number of fused-ring (bicyclic) bond motifs is 1. The van der Waals surface area contributed by atoms with E-state index in [-0.39, 0.29) is 0 Å². The van der Waals surface area contributed by atoms with E-state index in [2.05, 4.69) is 15.0 Å². The largest absolute Gasteiger partial charge is 0.385 e. The van der Waals surface area contributed by atoms with Crippen molar-refractivity contribution >= 4 is 11.2 Å². The van der Waals surface area contributed by atoms with Crippen molar-refractivity contribution in [1.82, 2.24) is 15.0 Å². The first-order valence-electron chi connectivity index (χ1n) is 4.91. The Hall–Kier alpha value is -1.46. The van der Waals surface area contributed by atoms with Gasteiger partial charge in [-0.1, -0.05) is 0 Å². The van der Waals surface area contributed by atoms with E-state index in [9.17, 15) is 5.11 Å². The maximum absolute atomic E-state index is 9.71. The van der Waals surface area contributed by atoms with E-state index < -0.39 is 6.10 Å². The fourth-order valence-electron chi connectivity index (χ4n) is 1.51. The van der Waals surface area contributed by atoms with Crippen molar-refractivity contribution in [3.05, 3.63) is 23.7 Å². The summed E-state index contributed by atoms with van der Waals surface area (Å²) in [7, 11) is 0. The summed E-state index contributed by atoms with van der Waals surface area (Å²) in [6.45, 7) is 2.41. The highest BCUT2D eigenvalue weighted by atomic mass is 16.3. The van der Waals surface area contributed by atoms with Crippen molar-refractivity contribution in [2.75, 3.05) is 6.54 Å². The summed E-state index contributed by atoms with van der Waals surface area (Å²) < 4.78 is 0. The normalized spacial score (nSPS) is 13.3. The number of nitrogens with zero attached hydrogens (tertiary/aromatic N) is 2. The predicted molar refractivity (Wildman–Crippen MR) is 57.3 cm³/mol. The van der Waals surface area contributed by atoms with Gasteiger partial charge in [-0.25, -0.2) is 9.97 Å². The van der Waals surface area contributed by atoms with Gasteiger partial charge in [-0.2, -0.15) is 0 Å². The Morgan fingerprint density at radius 1 is 1.60 bits per heavy atom. The number of hydrogen-bond acceptors (Lipinski definition) is 4. The van der Waals surface area contributed by atoms with Crippen LogP contribution in [0.5, 0.6) is 0 Å². The SMILES string of the molecule is Cc1ccnc2nc(C(O)CCN)[nH]c12. The van der Waals surface area contributed by atoms with Crippen LogP contribution in [-0.2, 0) is 0 Å². The van der Waals surface area contributed by atoms with Gasteiger partial charge in [0, 0.05) is 6.20 Å². The Morgan fingerprint density at radius 3 is 3.07 bits per heavy atom. The third kappa shape index (κ3) is 1.84. The number of aliphatic hydroxyl groups excluding tert-OH is 1. The minimum absolute atomic E-state index is 0.435. The molecule has 4 N–H and O–H groups in total. The summed E-state index contributed by atoms with van der Waals surface area (Å²) in [5, 5.41) is 9.71. The van der Waals surface area contributed by atoms with Gasteiger partial charge in [0.15, 0.2) is 5.65 Å². The van der Waals surface area contributed by atoms with Crippen LogP contribution in [0.15, 0.2) is 12.3 Å². The summed E-state index contributed by atoms with van der Waals surface area (Å²) in [6.07, 6.45) is 1.57. The first-order chi connectivity index (χ1) is 7.22. The molecule has 0 spiro atoms. The van der Waals surface area contributed by atoms with Gasteiger partial charge in [-0.15, -0.1) is 0 Å². The zero-order chi connectivity index (χ0) is 10.8. The van der Waals surface area contributed by atoms with E-state index in [1.165, 1.54) is 0 Å². The van der Waals surface area contributed by atoms with Crippen LogP contribution in [0.2, 0.25) is 0 Å². The molecule has 0 saturated heterocycles. The highest BCUT2D eigenvalue weighted by Gasteiger charge is 2.12. The van der Waals surface area contributed by atoms with E-state index in [4.69, 9.17) is 5.73 Å². The molecular weight excluding hydrogens is 192 g/mol. The quantitative estimate of drug-likeness (QED) is 0.688. The molecule has 0 bridgehead atoms. The van der Waals surface area contributed by atoms with Crippen LogP contribution in [0, 0.1) is 6.92 Å². The molecule has 5 nitrogen and oxygen atoms in total. The number of aromatic amines is 1. The molecule has 15 heavy (non-hydrogen) atoms. The standard InChI is InChI=1S/C10H14N4O/c1-6-3-5-12-10-8(6)13-9(14-10)7(15)2-4-11/h3,5,7,15H,2,4,11H2,1H3,(H,12,13,14). The highest BCUT2D eigenvalue weighted by molar-refractivity contribution is 5.74. The van der Waals surface area contributed by atoms with Crippen LogP contribution in [0.3, 0.4) is 0 Å². The number of aromatic nitrogens is 3. The molecule has 5 heteroatoms. The fraction of sp³-hybridized carbons (Fsp3) is 0.400. The van der Waals surface area contributed by atoms with Crippen molar-refractivity contribution in [2.24, 2.45) is 5.73 Å². The lowest BCUT2D eigenvalue weighted by molar-refractivity contribution is 0.162. The van der Waals surface area contributed by atoms with E-state index in [0.717, 1.165) is 11.1 Å². The number of rotatable bonds is 3. The Balaban J connectivity index is 2.43. The van der Waals surface area contributed by atoms with Gasteiger partial charge in [0.25, 0.3) is 0 Å². The van der Waals surface area contributed by atoms with Crippen LogP contribution >= 0.6 is 0 Å². The smallest absolute Gasteiger partial charge is 0.178 e. The third-order valence-corrected chi connectivity index (χ3v) is 2.37. The Labute approximate surface area is 87.4 Å². The number of pyridine rings is 1. The Morgan fingerprint density at radius 2 is 2.40 bits per heavy atom. The maximum Gasteiger partial charge on any atom is 0.178 e. The number of H-pyrrole nitrogens is 1. The van der Waals surface area contributed by atoms with Crippen LogP contribution in [0.25, 0.3) is 11.2 Å². The van der Waals surface area contributed by atoms with Crippen LogP contribution in [0.1, 0.15) is 23.9 Å². The van der Waals surface area contributed by atoms with Crippen molar-refractivity contribution in [2.45, 2.75) is 19.4 Å². The highest BCUT2D eigenvalue weighted by Crippen LogP contribution is 2.18. The van der Waals surface area contributed by atoms with E-state index in [0.29, 0.717) is 24.4 Å². The number of hydrogen-bond donors (Lipinski definition) is 3. The van der Waals surface area contributed by atoms with Crippen molar-refractivity contribution in [3.8, 4) is 0 Å². The van der Waals surface area contributed by atoms with Gasteiger partial charge < -0.3 is 15.8 Å². The monoisotopic (exact) mass is 206 g/mol. The second-order valence-electron chi connectivity index (χ2n) is 3.54. The Kier molecular flexibility index (Phi) is 2.66. The molecule has 0 aliphatic carbocycles. The molecule has 2 rings (SSSR count). The fourth-order valence-corrected chi connectivity index (χ4v) is 1.51. The molecule has 2 heterocycles. The molecule has 0 radical (unpaired) electrons. The van der Waals surface area contributed by atoms with Crippen molar-refractivity contribution in [3.63, 3.8) is 0 Å². The summed E-state index contributed by atoms with van der Waals surface area (Å²) in [6, 6.07) is 1.90. The van der Waals surface area contributed by atoms with Gasteiger partial charge in [0.2, 0.25) is 0 Å². The minimum Gasteiger partial charge on any atom is -0.385 e. The van der Waals surface area contributed by atoms with Gasteiger partial charge >= 0.3 is 0 Å². The molecule has 1 unspecified atom stereocenters. The molecule has 0 aromatic carbocycles. The lowest BCUT2D eigenvalue weighted by Gasteiger charge is -2.03. The number of nitrogens with one attached hydrogen (secondary N) is 1. The molecule has 0 aliphatic rings. The minimum atomic E-state index is -0.636. The Bertz CT molecular complexity index is 465. The van der Waals surface area contributed by atoms with E-state index in [1.807, 2.05) is 13.0 Å². The number of aryl methyl sites for hydroxylation is 1. The zero-order valence-corrected chi connectivity index (χ0v) is 8.57. The first-order valence-corrected chi connectivity index (χ1v) is 4.91. The summed E-state index contributed by atoms with van der Waals surface area (Å²) in [5.74, 6) is 0.539. The van der Waals surface area contributed by atoms with Crippen molar-refractivity contribution in [1.29, 1.82) is 0 Å². The molecule has 0 aliphatic heterocycles. The second kappa shape index (κ2) is 3.96. The van der Waals surface area contributed by atoms with Crippen molar-refractivity contribution < 1.29 is 5.11 Å². The summed E-state index contributed by atoms with van der Waals surface area (Å²) in [4.78, 5) is 11.4. The predicted octanol–water partition coefficient (Wildman–Crippen LogP) is 0.649. The van der Waals surface area contributed by atoms with Crippen LogP contribution < -0.4 is 5.73 Å². The van der Waals surface area contributed by atoms with Gasteiger partial charge in [0.05, 0.1) is 5.52 Å². The van der Waals surface area contributed by atoms with Gasteiger partial charge in [-0.05, 0) is 31.5 Å². The molecule has 2 aromatic heterocycles. The maximum atomic E-state index is 9.71. The lowest BCUT2D eigenvalue weighted by atomic mass is 10.2. The molecule has 0 fully saturated rings. The zero-order valence-electron chi connectivity index (χ0n) is 8.57. The van der Waals surface area contributed by atoms with E-state index in [1.54, 1.807) is 6.20 Å². The third-order valence-electron chi connectivity index (χ3n) is 2.37. The van der Waals surface area contributed by atoms with Gasteiger partial charge in [0.1, 0.15) is 11.9 Å². The molecule has 0 amide bonds. The second-order valence-corrected chi connectivity index (χ2v) is 3.54. The summed E-state index contributed by atoms with van der Waals surface area (Å²) in [5.41, 5.74) is 7.96. The molecule has 2 aromatic rings. The average molecular weight is 206 g/mol.